The topological polar surface area (TPSA) is 72.2 Å². The smallest absolute Gasteiger partial charge is 0.240 e. The van der Waals surface area contributed by atoms with Crippen molar-refractivity contribution in [2.24, 2.45) is 11.7 Å². The second-order valence-corrected chi connectivity index (χ2v) is 7.60. The van der Waals surface area contributed by atoms with Crippen LogP contribution in [0.5, 0.6) is 0 Å². The molecule has 5 heteroatoms. The second kappa shape index (κ2) is 6.24. The van der Waals surface area contributed by atoms with Gasteiger partial charge in [0.25, 0.3) is 0 Å². The molecular formula is C15H24N2O2S. The lowest BCUT2D eigenvalue weighted by Gasteiger charge is -2.19. The molecule has 4 nitrogen and oxygen atoms in total. The molecule has 3 N–H and O–H groups in total. The van der Waals surface area contributed by atoms with Crippen molar-refractivity contribution in [3.63, 3.8) is 0 Å². The minimum atomic E-state index is -3.45. The van der Waals surface area contributed by atoms with Crippen molar-refractivity contribution in [3.8, 4) is 0 Å². The Kier molecular flexibility index (Phi) is 4.83. The summed E-state index contributed by atoms with van der Waals surface area (Å²) < 4.78 is 27.8. The lowest BCUT2D eigenvalue weighted by atomic mass is 10.0. The summed E-state index contributed by atoms with van der Waals surface area (Å²) in [6, 6.07) is 7.16. The maximum atomic E-state index is 12.5. The monoisotopic (exact) mass is 296 g/mol. The SMILES string of the molecule is CC(C)c1cccc(S(=O)(=O)NC2CCCC2CN)c1. The van der Waals surface area contributed by atoms with Crippen LogP contribution in [-0.2, 0) is 10.0 Å². The largest absolute Gasteiger partial charge is 0.330 e. The molecule has 0 aliphatic heterocycles. The van der Waals surface area contributed by atoms with E-state index >= 15 is 0 Å². The van der Waals surface area contributed by atoms with E-state index in [-0.39, 0.29) is 12.0 Å². The standard InChI is InChI=1S/C15H24N2O2S/c1-11(2)12-5-3-7-14(9-12)20(18,19)17-15-8-4-6-13(15)10-16/h3,5,7,9,11,13,15,17H,4,6,8,10,16H2,1-2H3. The fourth-order valence-electron chi connectivity index (χ4n) is 2.78. The van der Waals surface area contributed by atoms with E-state index in [9.17, 15) is 8.42 Å². The van der Waals surface area contributed by atoms with Crippen LogP contribution in [0, 0.1) is 5.92 Å². The fourth-order valence-corrected chi connectivity index (χ4v) is 4.18. The Bertz CT molecular complexity index is 555. The predicted octanol–water partition coefficient (Wildman–Crippen LogP) is 2.22. The first-order valence-corrected chi connectivity index (χ1v) is 8.74. The van der Waals surface area contributed by atoms with Crippen LogP contribution >= 0.6 is 0 Å². The molecule has 2 unspecified atom stereocenters. The van der Waals surface area contributed by atoms with Crippen LogP contribution in [-0.4, -0.2) is 21.0 Å². The maximum absolute atomic E-state index is 12.5. The molecule has 0 amide bonds. The van der Waals surface area contributed by atoms with Crippen molar-refractivity contribution >= 4 is 10.0 Å². The summed E-state index contributed by atoms with van der Waals surface area (Å²) in [6.07, 6.45) is 2.93. The van der Waals surface area contributed by atoms with E-state index in [2.05, 4.69) is 18.6 Å². The van der Waals surface area contributed by atoms with Gasteiger partial charge in [-0.1, -0.05) is 32.4 Å². The minimum Gasteiger partial charge on any atom is -0.330 e. The van der Waals surface area contributed by atoms with Crippen molar-refractivity contribution in [2.75, 3.05) is 6.54 Å². The molecule has 1 fully saturated rings. The number of nitrogens with two attached hydrogens (primary N) is 1. The van der Waals surface area contributed by atoms with Crippen molar-refractivity contribution in [3.05, 3.63) is 29.8 Å². The van der Waals surface area contributed by atoms with E-state index in [1.165, 1.54) is 0 Å². The van der Waals surface area contributed by atoms with E-state index in [4.69, 9.17) is 5.73 Å². The summed E-state index contributed by atoms with van der Waals surface area (Å²) in [5.74, 6) is 0.575. The number of rotatable bonds is 5. The van der Waals surface area contributed by atoms with Crippen LogP contribution in [0.25, 0.3) is 0 Å². The summed E-state index contributed by atoms with van der Waals surface area (Å²) in [6.45, 7) is 4.65. The molecule has 0 heterocycles. The molecule has 0 aromatic heterocycles. The van der Waals surface area contributed by atoms with Crippen molar-refractivity contribution in [1.82, 2.24) is 4.72 Å². The quantitative estimate of drug-likeness (QED) is 0.875. The molecule has 1 saturated carbocycles. The molecule has 0 saturated heterocycles. The Morgan fingerprint density at radius 3 is 2.75 bits per heavy atom. The van der Waals surface area contributed by atoms with Gasteiger partial charge in [0.2, 0.25) is 10.0 Å². The van der Waals surface area contributed by atoms with E-state index in [1.54, 1.807) is 18.2 Å². The van der Waals surface area contributed by atoms with E-state index in [1.807, 2.05) is 6.07 Å². The third-order valence-corrected chi connectivity index (χ3v) is 5.59. The highest BCUT2D eigenvalue weighted by Crippen LogP contribution is 2.26. The highest BCUT2D eigenvalue weighted by Gasteiger charge is 2.30. The molecule has 0 bridgehead atoms. The summed E-state index contributed by atoms with van der Waals surface area (Å²) in [5.41, 5.74) is 6.75. The van der Waals surface area contributed by atoms with Gasteiger partial charge in [0, 0.05) is 6.04 Å². The van der Waals surface area contributed by atoms with Gasteiger partial charge in [-0.2, -0.15) is 0 Å². The van der Waals surface area contributed by atoms with Crippen molar-refractivity contribution < 1.29 is 8.42 Å². The molecule has 1 aromatic rings. The van der Waals surface area contributed by atoms with Crippen LogP contribution in [0.1, 0.15) is 44.6 Å². The Morgan fingerprint density at radius 1 is 1.35 bits per heavy atom. The molecule has 20 heavy (non-hydrogen) atoms. The van der Waals surface area contributed by atoms with Crippen LogP contribution in [0.15, 0.2) is 29.2 Å². The van der Waals surface area contributed by atoms with Gasteiger partial charge in [-0.15, -0.1) is 0 Å². The minimum absolute atomic E-state index is 0.0206. The lowest BCUT2D eigenvalue weighted by molar-refractivity contribution is 0.453. The van der Waals surface area contributed by atoms with E-state index < -0.39 is 10.0 Å². The number of nitrogens with one attached hydrogen (secondary N) is 1. The van der Waals surface area contributed by atoms with Gasteiger partial charge in [-0.3, -0.25) is 0 Å². The Balaban J connectivity index is 2.20. The normalized spacial score (nSPS) is 23.4. The van der Waals surface area contributed by atoms with Gasteiger partial charge in [0.1, 0.15) is 0 Å². The van der Waals surface area contributed by atoms with E-state index in [0.717, 1.165) is 24.8 Å². The van der Waals surface area contributed by atoms with Crippen molar-refractivity contribution in [2.45, 2.75) is 50.0 Å². The highest BCUT2D eigenvalue weighted by molar-refractivity contribution is 7.89. The van der Waals surface area contributed by atoms with Crippen LogP contribution < -0.4 is 10.5 Å². The number of sulfonamides is 1. The average Bonchev–Trinajstić information content (AvgIpc) is 2.85. The van der Waals surface area contributed by atoms with Gasteiger partial charge in [0.15, 0.2) is 0 Å². The Morgan fingerprint density at radius 2 is 2.10 bits per heavy atom. The second-order valence-electron chi connectivity index (χ2n) is 5.88. The molecule has 2 atom stereocenters. The number of benzene rings is 1. The Labute approximate surface area is 121 Å². The van der Waals surface area contributed by atoms with Gasteiger partial charge in [0.05, 0.1) is 4.90 Å². The zero-order valence-electron chi connectivity index (χ0n) is 12.2. The van der Waals surface area contributed by atoms with Crippen LogP contribution in [0.2, 0.25) is 0 Å². The molecular weight excluding hydrogens is 272 g/mol. The van der Waals surface area contributed by atoms with Crippen LogP contribution in [0.4, 0.5) is 0 Å². The number of hydrogen-bond acceptors (Lipinski definition) is 3. The van der Waals surface area contributed by atoms with Gasteiger partial charge >= 0.3 is 0 Å². The first-order chi connectivity index (χ1) is 9.44. The average molecular weight is 296 g/mol. The molecule has 2 rings (SSSR count). The predicted molar refractivity (Wildman–Crippen MR) is 81.0 cm³/mol. The summed E-state index contributed by atoms with van der Waals surface area (Å²) in [4.78, 5) is 0.353. The third kappa shape index (κ3) is 3.40. The molecule has 0 spiro atoms. The van der Waals surface area contributed by atoms with Crippen LogP contribution in [0.3, 0.4) is 0 Å². The summed E-state index contributed by atoms with van der Waals surface area (Å²) in [7, 11) is -3.45. The summed E-state index contributed by atoms with van der Waals surface area (Å²) >= 11 is 0. The summed E-state index contributed by atoms with van der Waals surface area (Å²) in [5, 5.41) is 0. The zero-order valence-corrected chi connectivity index (χ0v) is 13.0. The maximum Gasteiger partial charge on any atom is 0.240 e. The molecule has 1 aliphatic rings. The first kappa shape index (κ1) is 15.5. The van der Waals surface area contributed by atoms with Gasteiger partial charge in [-0.25, -0.2) is 13.1 Å². The van der Waals surface area contributed by atoms with Crippen molar-refractivity contribution in [1.29, 1.82) is 0 Å². The zero-order chi connectivity index (χ0) is 14.8. The van der Waals surface area contributed by atoms with E-state index in [0.29, 0.717) is 17.4 Å². The lowest BCUT2D eigenvalue weighted by Crippen LogP contribution is -2.39. The Hall–Kier alpha value is -0.910. The third-order valence-electron chi connectivity index (χ3n) is 4.10. The number of hydrogen-bond donors (Lipinski definition) is 2. The molecule has 0 radical (unpaired) electrons. The molecule has 1 aliphatic carbocycles. The molecule has 112 valence electrons. The first-order valence-electron chi connectivity index (χ1n) is 7.26. The highest BCUT2D eigenvalue weighted by atomic mass is 32.2. The van der Waals surface area contributed by atoms with Gasteiger partial charge < -0.3 is 5.73 Å². The fraction of sp³-hybridized carbons (Fsp3) is 0.600. The van der Waals surface area contributed by atoms with Gasteiger partial charge in [-0.05, 0) is 48.9 Å². The molecule has 1 aromatic carbocycles.